The fourth-order valence-corrected chi connectivity index (χ4v) is 3.41. The van der Waals surface area contributed by atoms with Gasteiger partial charge in [-0.1, -0.05) is 0 Å². The van der Waals surface area contributed by atoms with Crippen molar-refractivity contribution < 1.29 is 33.0 Å². The van der Waals surface area contributed by atoms with Gasteiger partial charge in [-0.15, -0.1) is 0 Å². The van der Waals surface area contributed by atoms with Gasteiger partial charge in [0.2, 0.25) is 0 Å². The lowest BCUT2D eigenvalue weighted by molar-refractivity contribution is 0.00860. The number of furan rings is 1. The van der Waals surface area contributed by atoms with Crippen molar-refractivity contribution in [3.63, 3.8) is 0 Å². The molecule has 152 valence electrons. The third kappa shape index (κ3) is 4.15. The van der Waals surface area contributed by atoms with Crippen LogP contribution in [-0.4, -0.2) is 55.4 Å². The molecule has 4 atom stereocenters. The Morgan fingerprint density at radius 3 is 2.48 bits per heavy atom. The van der Waals surface area contributed by atoms with Crippen LogP contribution in [0.25, 0.3) is 0 Å². The van der Waals surface area contributed by atoms with Crippen LogP contribution in [0.3, 0.4) is 0 Å². The first-order valence-electron chi connectivity index (χ1n) is 9.17. The van der Waals surface area contributed by atoms with Gasteiger partial charge in [0, 0.05) is 11.3 Å². The highest BCUT2D eigenvalue weighted by Gasteiger charge is 2.50. The molecule has 0 aliphatic carbocycles. The molecule has 0 unspecified atom stereocenters. The van der Waals surface area contributed by atoms with Crippen LogP contribution < -0.4 is 10.6 Å². The minimum Gasteiger partial charge on any atom is -0.459 e. The third-order valence-corrected chi connectivity index (χ3v) is 4.87. The van der Waals surface area contributed by atoms with E-state index in [0.717, 1.165) is 0 Å². The Bertz CT molecular complexity index is 894. The van der Waals surface area contributed by atoms with E-state index in [4.69, 9.17) is 18.6 Å². The highest BCUT2D eigenvalue weighted by Crippen LogP contribution is 2.29. The zero-order chi connectivity index (χ0) is 20.4. The summed E-state index contributed by atoms with van der Waals surface area (Å²) in [6, 6.07) is 9.32. The molecule has 2 aliphatic heterocycles. The Hall–Kier alpha value is -3.17. The van der Waals surface area contributed by atoms with Gasteiger partial charge in [-0.2, -0.15) is 0 Å². The predicted octanol–water partition coefficient (Wildman–Crippen LogP) is 2.00. The highest BCUT2D eigenvalue weighted by molar-refractivity contribution is 5.95. The Balaban J connectivity index is 1.30. The molecular weight excluding hydrogens is 380 g/mol. The van der Waals surface area contributed by atoms with Crippen molar-refractivity contribution in [3.8, 4) is 0 Å². The van der Waals surface area contributed by atoms with E-state index in [1.807, 2.05) is 0 Å². The van der Waals surface area contributed by atoms with Crippen molar-refractivity contribution in [1.29, 1.82) is 0 Å². The van der Waals surface area contributed by atoms with Crippen LogP contribution in [-0.2, 0) is 14.2 Å². The van der Waals surface area contributed by atoms with Crippen molar-refractivity contribution in [2.45, 2.75) is 31.3 Å². The standard InChI is InChI=1S/C20H20N2O7/c1-11(23)12-4-6-13(7-5-12)21-20(25)29-16-10-28-17-14(9-27-18(16)17)22-19(24)15-3-2-8-26-15/h2-8,14,16-18H,9-10H2,1H3,(H,21,25)(H,22,24)/t14-,16+,17+,18+/m0/s1. The molecule has 2 N–H and O–H groups in total. The van der Waals surface area contributed by atoms with Gasteiger partial charge in [0.05, 0.1) is 25.5 Å². The molecule has 2 saturated heterocycles. The van der Waals surface area contributed by atoms with Crippen molar-refractivity contribution in [3.05, 3.63) is 54.0 Å². The largest absolute Gasteiger partial charge is 0.459 e. The van der Waals surface area contributed by atoms with Crippen LogP contribution in [0.4, 0.5) is 10.5 Å². The maximum atomic E-state index is 12.2. The summed E-state index contributed by atoms with van der Waals surface area (Å²) in [5.41, 5.74) is 1.06. The number of ether oxygens (including phenoxy) is 3. The van der Waals surface area contributed by atoms with Gasteiger partial charge in [0.15, 0.2) is 17.6 Å². The van der Waals surface area contributed by atoms with Gasteiger partial charge in [-0.3, -0.25) is 14.9 Å². The number of nitrogens with one attached hydrogen (secondary N) is 2. The molecule has 2 aromatic rings. The smallest absolute Gasteiger partial charge is 0.412 e. The number of benzene rings is 1. The van der Waals surface area contributed by atoms with E-state index in [-0.39, 0.29) is 36.7 Å². The van der Waals surface area contributed by atoms with E-state index >= 15 is 0 Å². The number of ketones is 1. The van der Waals surface area contributed by atoms with Crippen molar-refractivity contribution in [1.82, 2.24) is 5.32 Å². The van der Waals surface area contributed by atoms with Gasteiger partial charge < -0.3 is 23.9 Å². The summed E-state index contributed by atoms with van der Waals surface area (Å²) in [6.45, 7) is 1.88. The molecule has 2 aliphatic rings. The van der Waals surface area contributed by atoms with Crippen LogP contribution in [0, 0.1) is 0 Å². The highest BCUT2D eigenvalue weighted by atomic mass is 16.6. The maximum Gasteiger partial charge on any atom is 0.412 e. The van der Waals surface area contributed by atoms with E-state index < -0.39 is 24.4 Å². The molecule has 2 fully saturated rings. The Morgan fingerprint density at radius 1 is 1.03 bits per heavy atom. The predicted molar refractivity (Wildman–Crippen MR) is 99.8 cm³/mol. The third-order valence-electron chi connectivity index (χ3n) is 4.87. The molecule has 0 bridgehead atoms. The summed E-state index contributed by atoms with van der Waals surface area (Å²) >= 11 is 0. The fraction of sp³-hybridized carbons (Fsp3) is 0.350. The van der Waals surface area contributed by atoms with E-state index in [0.29, 0.717) is 11.3 Å². The number of hydrogen-bond acceptors (Lipinski definition) is 7. The molecular formula is C20H20N2O7. The van der Waals surface area contributed by atoms with Crippen molar-refractivity contribution >= 4 is 23.5 Å². The molecule has 0 radical (unpaired) electrons. The zero-order valence-electron chi connectivity index (χ0n) is 15.6. The Morgan fingerprint density at radius 2 is 1.79 bits per heavy atom. The molecule has 0 saturated carbocycles. The number of rotatable bonds is 5. The van der Waals surface area contributed by atoms with E-state index in [9.17, 15) is 14.4 Å². The van der Waals surface area contributed by atoms with E-state index in [2.05, 4.69) is 10.6 Å². The van der Waals surface area contributed by atoms with Crippen LogP contribution >= 0.6 is 0 Å². The summed E-state index contributed by atoms with van der Waals surface area (Å²) in [6.07, 6.45) is -0.710. The Labute approximate surface area is 166 Å². The minimum absolute atomic E-state index is 0.0552. The number of carbonyl (C=O) groups excluding carboxylic acids is 3. The average Bonchev–Trinajstić information content (AvgIpc) is 3.42. The number of fused-ring (bicyclic) bond motifs is 1. The average molecular weight is 400 g/mol. The van der Waals surface area contributed by atoms with Crippen LogP contribution in [0.2, 0.25) is 0 Å². The molecule has 0 spiro atoms. The normalized spacial score (nSPS) is 25.3. The maximum absolute atomic E-state index is 12.2. The first kappa shape index (κ1) is 19.2. The summed E-state index contributed by atoms with van der Waals surface area (Å²) in [5, 5.41) is 5.43. The molecule has 9 heteroatoms. The monoisotopic (exact) mass is 400 g/mol. The van der Waals surface area contributed by atoms with E-state index in [1.54, 1.807) is 36.4 Å². The molecule has 3 heterocycles. The fourth-order valence-electron chi connectivity index (χ4n) is 3.41. The number of hydrogen-bond donors (Lipinski definition) is 2. The summed E-state index contributed by atoms with van der Waals surface area (Å²) in [4.78, 5) is 35.6. The lowest BCUT2D eigenvalue weighted by Gasteiger charge is -2.17. The molecule has 4 rings (SSSR count). The molecule has 1 aromatic heterocycles. The van der Waals surface area contributed by atoms with Crippen molar-refractivity contribution in [2.75, 3.05) is 18.5 Å². The van der Waals surface area contributed by atoms with E-state index in [1.165, 1.54) is 13.2 Å². The summed E-state index contributed by atoms with van der Waals surface area (Å²) in [7, 11) is 0. The van der Waals surface area contributed by atoms with Crippen molar-refractivity contribution in [2.24, 2.45) is 0 Å². The number of anilines is 1. The lowest BCUT2D eigenvalue weighted by Crippen LogP contribution is -2.44. The molecule has 9 nitrogen and oxygen atoms in total. The second-order valence-corrected chi connectivity index (χ2v) is 6.86. The first-order valence-corrected chi connectivity index (χ1v) is 9.17. The van der Waals surface area contributed by atoms with Crippen LogP contribution in [0.15, 0.2) is 47.1 Å². The van der Waals surface area contributed by atoms with Gasteiger partial charge in [-0.25, -0.2) is 4.79 Å². The van der Waals surface area contributed by atoms with Crippen LogP contribution in [0.1, 0.15) is 27.8 Å². The van der Waals surface area contributed by atoms with Gasteiger partial charge in [0.1, 0.15) is 12.2 Å². The van der Waals surface area contributed by atoms with Gasteiger partial charge >= 0.3 is 6.09 Å². The quantitative estimate of drug-likeness (QED) is 0.738. The first-order chi connectivity index (χ1) is 14.0. The second-order valence-electron chi connectivity index (χ2n) is 6.86. The zero-order valence-corrected chi connectivity index (χ0v) is 15.6. The molecule has 29 heavy (non-hydrogen) atoms. The summed E-state index contributed by atoms with van der Waals surface area (Å²) < 4.78 is 21.9. The molecule has 1 aromatic carbocycles. The number of carbonyl (C=O) groups is 3. The molecule has 2 amide bonds. The van der Waals surface area contributed by atoms with Gasteiger partial charge in [0.25, 0.3) is 5.91 Å². The number of amides is 2. The van der Waals surface area contributed by atoms with Gasteiger partial charge in [-0.05, 0) is 43.3 Å². The van der Waals surface area contributed by atoms with Crippen LogP contribution in [0.5, 0.6) is 0 Å². The Kier molecular flexibility index (Phi) is 5.32. The second kappa shape index (κ2) is 8.06. The lowest BCUT2D eigenvalue weighted by atomic mass is 10.1. The summed E-state index contributed by atoms with van der Waals surface area (Å²) in [5.74, 6) is -0.210. The minimum atomic E-state index is -0.651. The SMILES string of the molecule is CC(=O)c1ccc(NC(=O)O[C@@H]2CO[C@H]3[C@@H]2OC[C@@H]3NC(=O)c2ccco2)cc1. The number of Topliss-reactive ketones (excluding diaryl/α,β-unsaturated/α-hetero) is 1. The topological polar surface area (TPSA) is 116 Å².